The molecule has 2 rings (SSSR count). The van der Waals surface area contributed by atoms with E-state index in [9.17, 15) is 4.79 Å². The molecule has 1 amide bonds. The molecular weight excluding hydrogens is 264 g/mol. The molecule has 0 aliphatic heterocycles. The Morgan fingerprint density at radius 2 is 1.71 bits per heavy atom. The quantitative estimate of drug-likeness (QED) is 0.846. The Kier molecular flexibility index (Phi) is 5.23. The zero-order valence-electron chi connectivity index (χ0n) is 13.2. The number of nitrogens with one attached hydrogen (secondary N) is 2. The second-order valence-electron chi connectivity index (χ2n) is 6.75. The van der Waals surface area contributed by atoms with Crippen LogP contribution >= 0.6 is 0 Å². The van der Waals surface area contributed by atoms with Crippen LogP contribution in [0.4, 0.5) is 4.79 Å². The number of amides is 1. The first-order chi connectivity index (χ1) is 9.92. The number of carbonyl (C=O) groups excluding carboxylic acids is 1. The van der Waals surface area contributed by atoms with E-state index in [2.05, 4.69) is 22.8 Å². The van der Waals surface area contributed by atoms with Gasteiger partial charge in [0.15, 0.2) is 0 Å². The molecule has 0 bridgehead atoms. The third kappa shape index (κ3) is 6.63. The van der Waals surface area contributed by atoms with Crippen LogP contribution in [0.15, 0.2) is 24.3 Å². The van der Waals surface area contributed by atoms with E-state index in [-0.39, 0.29) is 6.09 Å². The monoisotopic (exact) mass is 290 g/mol. The molecule has 21 heavy (non-hydrogen) atoms. The van der Waals surface area contributed by atoms with Gasteiger partial charge >= 0.3 is 6.09 Å². The van der Waals surface area contributed by atoms with Gasteiger partial charge in [-0.05, 0) is 57.2 Å². The summed E-state index contributed by atoms with van der Waals surface area (Å²) in [6.45, 7) is 8.10. The Morgan fingerprint density at radius 1 is 1.14 bits per heavy atom. The highest BCUT2D eigenvalue weighted by molar-refractivity contribution is 5.67. The summed E-state index contributed by atoms with van der Waals surface area (Å²) in [5.41, 5.74) is 1.89. The average molecular weight is 290 g/mol. The lowest BCUT2D eigenvalue weighted by atomic mass is 10.1. The van der Waals surface area contributed by atoms with Crippen LogP contribution in [0.3, 0.4) is 0 Å². The Labute approximate surface area is 127 Å². The van der Waals surface area contributed by atoms with E-state index in [1.165, 1.54) is 18.4 Å². The Morgan fingerprint density at radius 3 is 2.24 bits per heavy atom. The van der Waals surface area contributed by atoms with Gasteiger partial charge in [-0.2, -0.15) is 0 Å². The third-order valence-electron chi connectivity index (χ3n) is 3.32. The molecular formula is C17H26N2O2. The van der Waals surface area contributed by atoms with Crippen molar-refractivity contribution in [3.05, 3.63) is 35.4 Å². The predicted molar refractivity (Wildman–Crippen MR) is 83.9 cm³/mol. The molecule has 4 heteroatoms. The van der Waals surface area contributed by atoms with E-state index in [0.29, 0.717) is 6.54 Å². The molecule has 116 valence electrons. The van der Waals surface area contributed by atoms with Crippen LogP contribution in [0.5, 0.6) is 0 Å². The minimum atomic E-state index is -0.457. The number of carbonyl (C=O) groups is 1. The van der Waals surface area contributed by atoms with Crippen molar-refractivity contribution < 1.29 is 9.53 Å². The van der Waals surface area contributed by atoms with Gasteiger partial charge in [-0.1, -0.05) is 24.3 Å². The van der Waals surface area contributed by atoms with E-state index < -0.39 is 5.60 Å². The van der Waals surface area contributed by atoms with E-state index in [4.69, 9.17) is 4.74 Å². The lowest BCUT2D eigenvalue weighted by Crippen LogP contribution is -2.32. The Bertz CT molecular complexity index is 459. The highest BCUT2D eigenvalue weighted by Crippen LogP contribution is 2.27. The maximum Gasteiger partial charge on any atom is 0.407 e. The first-order valence-electron chi connectivity index (χ1n) is 7.68. The first-order valence-corrected chi connectivity index (χ1v) is 7.68. The highest BCUT2D eigenvalue weighted by atomic mass is 16.6. The normalized spacial score (nSPS) is 14.8. The molecule has 0 saturated heterocycles. The maximum atomic E-state index is 11.6. The SMILES string of the molecule is CC(C)(C)OC(=O)NCc1ccc(CNCC2CC2)cc1. The fourth-order valence-electron chi connectivity index (χ4n) is 2.01. The van der Waals surface area contributed by atoms with Crippen molar-refractivity contribution in [3.63, 3.8) is 0 Å². The van der Waals surface area contributed by atoms with Gasteiger partial charge in [0, 0.05) is 13.1 Å². The van der Waals surface area contributed by atoms with Crippen LogP contribution < -0.4 is 10.6 Å². The zero-order valence-corrected chi connectivity index (χ0v) is 13.2. The summed E-state index contributed by atoms with van der Waals surface area (Å²) in [5, 5.41) is 6.23. The minimum absolute atomic E-state index is 0.377. The second-order valence-corrected chi connectivity index (χ2v) is 6.75. The molecule has 0 radical (unpaired) electrons. The fourth-order valence-corrected chi connectivity index (χ4v) is 2.01. The molecule has 1 aliphatic rings. The van der Waals surface area contributed by atoms with Gasteiger partial charge in [-0.3, -0.25) is 0 Å². The van der Waals surface area contributed by atoms with E-state index >= 15 is 0 Å². The number of hydrogen-bond acceptors (Lipinski definition) is 3. The van der Waals surface area contributed by atoms with Crippen LogP contribution in [0.2, 0.25) is 0 Å². The predicted octanol–water partition coefficient (Wildman–Crippen LogP) is 3.21. The molecule has 1 aromatic rings. The van der Waals surface area contributed by atoms with Gasteiger partial charge in [0.2, 0.25) is 0 Å². The van der Waals surface area contributed by atoms with Crippen LogP contribution in [0, 0.1) is 5.92 Å². The molecule has 0 spiro atoms. The summed E-state index contributed by atoms with van der Waals surface area (Å²) >= 11 is 0. The fraction of sp³-hybridized carbons (Fsp3) is 0.588. The van der Waals surface area contributed by atoms with Gasteiger partial charge in [0.1, 0.15) is 5.60 Å². The molecule has 0 aromatic heterocycles. The van der Waals surface area contributed by atoms with Gasteiger partial charge in [0.25, 0.3) is 0 Å². The zero-order chi connectivity index (χ0) is 15.3. The molecule has 1 aliphatic carbocycles. The van der Waals surface area contributed by atoms with E-state index in [1.54, 1.807) is 0 Å². The van der Waals surface area contributed by atoms with Crippen LogP contribution in [0.25, 0.3) is 0 Å². The van der Waals surface area contributed by atoms with Crippen molar-refractivity contribution in [2.45, 2.75) is 52.3 Å². The van der Waals surface area contributed by atoms with Crippen molar-refractivity contribution >= 4 is 6.09 Å². The highest BCUT2D eigenvalue weighted by Gasteiger charge is 2.20. The van der Waals surface area contributed by atoms with Crippen LogP contribution in [-0.2, 0) is 17.8 Å². The van der Waals surface area contributed by atoms with Gasteiger partial charge in [-0.25, -0.2) is 4.79 Å². The average Bonchev–Trinajstić information content (AvgIpc) is 3.20. The van der Waals surface area contributed by atoms with Gasteiger partial charge < -0.3 is 15.4 Å². The Balaban J connectivity index is 1.69. The standard InChI is InChI=1S/C17H26N2O2/c1-17(2,3)21-16(20)19-12-15-8-6-14(7-9-15)11-18-10-13-4-5-13/h6-9,13,18H,4-5,10-12H2,1-3H3,(H,19,20). The summed E-state index contributed by atoms with van der Waals surface area (Å²) in [4.78, 5) is 11.6. The third-order valence-corrected chi connectivity index (χ3v) is 3.32. The molecule has 0 unspecified atom stereocenters. The largest absolute Gasteiger partial charge is 0.444 e. The maximum absolute atomic E-state index is 11.6. The van der Waals surface area contributed by atoms with E-state index in [0.717, 1.165) is 24.6 Å². The molecule has 1 saturated carbocycles. The number of alkyl carbamates (subject to hydrolysis) is 1. The number of ether oxygens (including phenoxy) is 1. The summed E-state index contributed by atoms with van der Waals surface area (Å²) in [7, 11) is 0. The summed E-state index contributed by atoms with van der Waals surface area (Å²) in [6, 6.07) is 8.30. The lowest BCUT2D eigenvalue weighted by molar-refractivity contribution is 0.0523. The minimum Gasteiger partial charge on any atom is -0.444 e. The van der Waals surface area contributed by atoms with Gasteiger partial charge in [-0.15, -0.1) is 0 Å². The summed E-state index contributed by atoms with van der Waals surface area (Å²) in [6.07, 6.45) is 2.38. The number of benzene rings is 1. The number of rotatable bonds is 6. The van der Waals surface area contributed by atoms with Crippen molar-refractivity contribution in [1.82, 2.24) is 10.6 Å². The molecule has 1 fully saturated rings. The molecule has 4 nitrogen and oxygen atoms in total. The van der Waals surface area contributed by atoms with Crippen molar-refractivity contribution in [1.29, 1.82) is 0 Å². The second kappa shape index (κ2) is 6.94. The van der Waals surface area contributed by atoms with Crippen molar-refractivity contribution in [2.75, 3.05) is 6.54 Å². The molecule has 1 aromatic carbocycles. The summed E-state index contributed by atoms with van der Waals surface area (Å²) < 4.78 is 5.20. The molecule has 0 heterocycles. The topological polar surface area (TPSA) is 50.4 Å². The number of hydrogen-bond donors (Lipinski definition) is 2. The van der Waals surface area contributed by atoms with Gasteiger partial charge in [0.05, 0.1) is 0 Å². The van der Waals surface area contributed by atoms with Crippen molar-refractivity contribution in [3.8, 4) is 0 Å². The van der Waals surface area contributed by atoms with Crippen LogP contribution in [0.1, 0.15) is 44.7 Å². The first kappa shape index (κ1) is 15.8. The molecule has 2 N–H and O–H groups in total. The van der Waals surface area contributed by atoms with Crippen LogP contribution in [-0.4, -0.2) is 18.2 Å². The molecule has 0 atom stereocenters. The lowest BCUT2D eigenvalue weighted by Gasteiger charge is -2.19. The Hall–Kier alpha value is -1.55. The van der Waals surface area contributed by atoms with E-state index in [1.807, 2.05) is 32.9 Å². The smallest absolute Gasteiger partial charge is 0.407 e. The van der Waals surface area contributed by atoms with Crippen molar-refractivity contribution in [2.24, 2.45) is 5.92 Å². The summed E-state index contributed by atoms with van der Waals surface area (Å²) in [5.74, 6) is 0.905.